The summed E-state index contributed by atoms with van der Waals surface area (Å²) in [6.45, 7) is -0.648. The van der Waals surface area contributed by atoms with Gasteiger partial charge in [-0.25, -0.2) is 4.79 Å². The Hall–Kier alpha value is -2.07. The van der Waals surface area contributed by atoms with E-state index in [1.54, 1.807) is 30.3 Å². The van der Waals surface area contributed by atoms with Crippen molar-refractivity contribution in [1.29, 1.82) is 5.26 Å². The molecule has 0 spiro atoms. The second kappa shape index (κ2) is 7.97. The number of nitriles is 1. The molecule has 0 saturated heterocycles. The topological polar surface area (TPSA) is 70.4 Å². The molecular weight excluding hydrogens is 359 g/mol. The van der Waals surface area contributed by atoms with Gasteiger partial charge >= 0.3 is 5.97 Å². The van der Waals surface area contributed by atoms with E-state index in [2.05, 4.69) is 0 Å². The third-order valence-corrected chi connectivity index (χ3v) is 4.29. The highest BCUT2D eigenvalue weighted by Gasteiger charge is 2.20. The molecule has 0 bridgehead atoms. The number of thiophene rings is 1. The van der Waals surface area contributed by atoms with Crippen LogP contribution in [-0.2, 0) is 9.53 Å². The maximum atomic E-state index is 12.2. The third kappa shape index (κ3) is 4.45. The van der Waals surface area contributed by atoms with Crippen LogP contribution in [0.2, 0.25) is 8.67 Å². The summed E-state index contributed by atoms with van der Waals surface area (Å²) in [6, 6.07) is 11.9. The van der Waals surface area contributed by atoms with Crippen LogP contribution in [-0.4, -0.2) is 25.0 Å². The number of hydrogen-bond acceptors (Lipinski definition) is 5. The van der Waals surface area contributed by atoms with Gasteiger partial charge in [-0.2, -0.15) is 5.26 Å². The van der Waals surface area contributed by atoms with Crippen molar-refractivity contribution in [2.75, 3.05) is 18.1 Å². The van der Waals surface area contributed by atoms with Crippen molar-refractivity contribution in [1.82, 2.24) is 0 Å². The van der Waals surface area contributed by atoms with E-state index in [0.717, 1.165) is 11.3 Å². The van der Waals surface area contributed by atoms with Crippen LogP contribution >= 0.6 is 34.5 Å². The molecule has 2 rings (SSSR count). The molecule has 0 aliphatic carbocycles. The molecule has 1 heterocycles. The zero-order chi connectivity index (χ0) is 16.8. The summed E-state index contributed by atoms with van der Waals surface area (Å²) < 4.78 is 5.51. The summed E-state index contributed by atoms with van der Waals surface area (Å²) in [6.07, 6.45) is 0. The Morgan fingerprint density at radius 1 is 1.26 bits per heavy atom. The lowest BCUT2D eigenvalue weighted by atomic mass is 10.3. The average Bonchev–Trinajstić information content (AvgIpc) is 2.89. The van der Waals surface area contributed by atoms with E-state index < -0.39 is 18.5 Å². The Bertz CT molecular complexity index is 756. The Morgan fingerprint density at radius 2 is 1.96 bits per heavy atom. The fraction of sp³-hybridized carbons (Fsp3) is 0.133. The van der Waals surface area contributed by atoms with Gasteiger partial charge in [0.2, 0.25) is 0 Å². The van der Waals surface area contributed by atoms with Crippen molar-refractivity contribution in [3.63, 3.8) is 0 Å². The van der Waals surface area contributed by atoms with Crippen LogP contribution in [0.15, 0.2) is 36.4 Å². The van der Waals surface area contributed by atoms with Crippen LogP contribution in [0.4, 0.5) is 5.69 Å². The van der Waals surface area contributed by atoms with Gasteiger partial charge in [0.25, 0.3) is 5.91 Å². The highest BCUT2D eigenvalue weighted by atomic mass is 35.5. The first-order chi connectivity index (χ1) is 11.0. The number of hydrogen-bond donors (Lipinski definition) is 0. The molecule has 23 heavy (non-hydrogen) atoms. The van der Waals surface area contributed by atoms with Crippen LogP contribution in [0.3, 0.4) is 0 Å². The first kappa shape index (κ1) is 17.3. The van der Waals surface area contributed by atoms with Crippen LogP contribution < -0.4 is 4.90 Å². The lowest BCUT2D eigenvalue weighted by Crippen LogP contribution is -2.35. The van der Waals surface area contributed by atoms with Crippen molar-refractivity contribution in [3.05, 3.63) is 50.6 Å². The summed E-state index contributed by atoms with van der Waals surface area (Å²) >= 11 is 12.7. The number of nitrogens with zero attached hydrogens (tertiary/aromatic N) is 2. The van der Waals surface area contributed by atoms with E-state index in [0.29, 0.717) is 10.0 Å². The summed E-state index contributed by atoms with van der Waals surface area (Å²) in [5.41, 5.74) is 0.660. The second-order valence-electron chi connectivity index (χ2n) is 4.29. The molecule has 2 aromatic rings. The summed E-state index contributed by atoms with van der Waals surface area (Å²) in [7, 11) is 0. The normalized spacial score (nSPS) is 9.96. The minimum Gasteiger partial charge on any atom is -0.452 e. The molecule has 0 N–H and O–H groups in total. The number of esters is 1. The maximum absolute atomic E-state index is 12.2. The van der Waals surface area contributed by atoms with E-state index in [1.807, 2.05) is 6.07 Å². The highest BCUT2D eigenvalue weighted by molar-refractivity contribution is 7.20. The van der Waals surface area contributed by atoms with Crippen LogP contribution in [0.5, 0.6) is 0 Å². The fourth-order valence-electron chi connectivity index (χ4n) is 1.76. The van der Waals surface area contributed by atoms with Gasteiger partial charge < -0.3 is 4.74 Å². The fourth-order valence-corrected chi connectivity index (χ4v) is 3.20. The van der Waals surface area contributed by atoms with E-state index in [9.17, 15) is 9.59 Å². The van der Waals surface area contributed by atoms with Crippen molar-refractivity contribution in [2.45, 2.75) is 0 Å². The SMILES string of the molecule is N#CCN(C(=O)COC(=O)c1cc(Cl)sc1Cl)c1ccccc1. The number of halogens is 2. The predicted octanol–water partition coefficient (Wildman–Crippen LogP) is 3.77. The molecule has 0 fully saturated rings. The van der Waals surface area contributed by atoms with Crippen molar-refractivity contribution >= 4 is 52.1 Å². The standard InChI is InChI=1S/C15H10Cl2N2O3S/c16-12-8-11(14(17)23-12)15(21)22-9-13(20)19(7-6-18)10-4-2-1-3-5-10/h1-5,8H,7,9H2. The molecule has 118 valence electrons. The molecule has 0 aliphatic rings. The minimum atomic E-state index is -0.739. The lowest BCUT2D eigenvalue weighted by molar-refractivity contribution is -0.121. The second-order valence-corrected chi connectivity index (χ2v) is 6.57. The smallest absolute Gasteiger partial charge is 0.341 e. The van der Waals surface area contributed by atoms with E-state index >= 15 is 0 Å². The Kier molecular flexibility index (Phi) is 5.99. The first-order valence-electron chi connectivity index (χ1n) is 6.37. The number of carbonyl (C=O) groups excluding carboxylic acids is 2. The van der Waals surface area contributed by atoms with Crippen molar-refractivity contribution < 1.29 is 14.3 Å². The zero-order valence-corrected chi connectivity index (χ0v) is 14.0. The van der Waals surface area contributed by atoms with Gasteiger partial charge in [-0.05, 0) is 18.2 Å². The summed E-state index contributed by atoms with van der Waals surface area (Å²) in [5.74, 6) is -1.25. The average molecular weight is 369 g/mol. The molecule has 1 aromatic heterocycles. The number of amides is 1. The maximum Gasteiger partial charge on any atom is 0.341 e. The lowest BCUT2D eigenvalue weighted by Gasteiger charge is -2.19. The number of rotatable bonds is 5. The molecule has 5 nitrogen and oxygen atoms in total. The van der Waals surface area contributed by atoms with E-state index in [4.69, 9.17) is 33.2 Å². The van der Waals surface area contributed by atoms with Crippen LogP contribution in [0.25, 0.3) is 0 Å². The van der Waals surface area contributed by atoms with E-state index in [-0.39, 0.29) is 16.4 Å². The zero-order valence-electron chi connectivity index (χ0n) is 11.7. The third-order valence-electron chi connectivity index (χ3n) is 2.80. The van der Waals surface area contributed by atoms with Gasteiger partial charge in [0.05, 0.1) is 16.0 Å². The quantitative estimate of drug-likeness (QED) is 0.594. The highest BCUT2D eigenvalue weighted by Crippen LogP contribution is 2.31. The van der Waals surface area contributed by atoms with E-state index in [1.165, 1.54) is 11.0 Å². The Balaban J connectivity index is 2.04. The van der Waals surface area contributed by atoms with Gasteiger partial charge in [0, 0.05) is 5.69 Å². The van der Waals surface area contributed by atoms with Crippen LogP contribution in [0.1, 0.15) is 10.4 Å². The van der Waals surface area contributed by atoms with Crippen molar-refractivity contribution in [3.8, 4) is 6.07 Å². The molecule has 0 radical (unpaired) electrons. The number of carbonyl (C=O) groups is 2. The Morgan fingerprint density at radius 3 is 2.52 bits per heavy atom. The summed E-state index contributed by atoms with van der Waals surface area (Å²) in [4.78, 5) is 25.3. The summed E-state index contributed by atoms with van der Waals surface area (Å²) in [5, 5.41) is 8.86. The Labute approximate surface area is 146 Å². The number of benzene rings is 1. The van der Waals surface area contributed by atoms with Crippen LogP contribution in [0, 0.1) is 11.3 Å². The molecular formula is C15H10Cl2N2O3S. The first-order valence-corrected chi connectivity index (χ1v) is 7.94. The van der Waals surface area contributed by atoms with Gasteiger partial charge in [-0.1, -0.05) is 41.4 Å². The van der Waals surface area contributed by atoms with Gasteiger partial charge in [0.1, 0.15) is 10.9 Å². The van der Waals surface area contributed by atoms with Gasteiger partial charge in [-0.3, -0.25) is 9.69 Å². The number of anilines is 1. The molecule has 0 unspecified atom stereocenters. The molecule has 8 heteroatoms. The molecule has 0 aliphatic heterocycles. The monoisotopic (exact) mass is 368 g/mol. The van der Waals surface area contributed by atoms with Gasteiger partial charge in [0.15, 0.2) is 6.61 Å². The minimum absolute atomic E-state index is 0.112. The molecule has 1 amide bonds. The predicted molar refractivity (Wildman–Crippen MR) is 89.0 cm³/mol. The molecule has 0 saturated carbocycles. The number of ether oxygens (including phenoxy) is 1. The largest absolute Gasteiger partial charge is 0.452 e. The van der Waals surface area contributed by atoms with Gasteiger partial charge in [-0.15, -0.1) is 11.3 Å². The molecule has 0 atom stereocenters. The number of para-hydroxylation sites is 1. The van der Waals surface area contributed by atoms with Crippen molar-refractivity contribution in [2.24, 2.45) is 0 Å². The molecule has 1 aromatic carbocycles.